The van der Waals surface area contributed by atoms with Crippen LogP contribution in [0.3, 0.4) is 0 Å². The van der Waals surface area contributed by atoms with Crippen LogP contribution in [0.25, 0.3) is 6.08 Å². The molecule has 0 aromatic heterocycles. The Kier molecular flexibility index (Phi) is 7.63. The van der Waals surface area contributed by atoms with Gasteiger partial charge in [-0.15, -0.1) is 0 Å². The third-order valence-electron chi connectivity index (χ3n) is 4.88. The summed E-state index contributed by atoms with van der Waals surface area (Å²) in [7, 11) is 0. The fourth-order valence-corrected chi connectivity index (χ4v) is 4.55. The second-order valence-corrected chi connectivity index (χ2v) is 9.60. The second-order valence-electron chi connectivity index (χ2n) is 7.30. The van der Waals surface area contributed by atoms with Crippen LogP contribution in [0, 0.1) is 0 Å². The molecule has 1 aliphatic heterocycles. The summed E-state index contributed by atoms with van der Waals surface area (Å²) in [6.07, 6.45) is 1.54. The molecule has 1 heterocycles. The first-order valence-corrected chi connectivity index (χ1v) is 12.0. The number of benzene rings is 3. The van der Waals surface area contributed by atoms with Gasteiger partial charge in [-0.3, -0.25) is 19.3 Å². The zero-order valence-corrected chi connectivity index (χ0v) is 20.5. The second kappa shape index (κ2) is 10.7. The van der Waals surface area contributed by atoms with Crippen LogP contribution in [0.1, 0.15) is 21.5 Å². The van der Waals surface area contributed by atoms with Crippen molar-refractivity contribution in [3.63, 3.8) is 0 Å². The van der Waals surface area contributed by atoms with Crippen molar-refractivity contribution in [2.45, 2.75) is 6.61 Å². The third kappa shape index (κ3) is 5.83. The number of carbonyl (C=O) groups excluding carboxylic acids is 3. The lowest BCUT2D eigenvalue weighted by molar-refractivity contribution is -0.122. The molecule has 5 nitrogen and oxygen atoms in total. The van der Waals surface area contributed by atoms with Crippen LogP contribution in [0.2, 0.25) is 15.1 Å². The maximum Gasteiger partial charge on any atom is 0.293 e. The molecule has 0 spiro atoms. The number of halogens is 3. The van der Waals surface area contributed by atoms with E-state index in [1.807, 2.05) is 12.1 Å². The van der Waals surface area contributed by atoms with E-state index in [1.54, 1.807) is 54.6 Å². The first-order chi connectivity index (χ1) is 16.3. The maximum absolute atomic E-state index is 12.9. The minimum absolute atomic E-state index is 0.170. The van der Waals surface area contributed by atoms with Gasteiger partial charge in [-0.25, -0.2) is 0 Å². The highest BCUT2D eigenvalue weighted by atomic mass is 35.5. The number of ether oxygens (including phenoxy) is 1. The average molecular weight is 533 g/mol. The smallest absolute Gasteiger partial charge is 0.293 e. The Morgan fingerprint density at radius 1 is 0.912 bits per heavy atom. The minimum atomic E-state index is -0.557. The number of ketones is 1. The molecule has 3 aromatic rings. The number of amides is 2. The van der Waals surface area contributed by atoms with Crippen molar-refractivity contribution in [3.05, 3.63) is 103 Å². The quantitative estimate of drug-likeness (QED) is 0.239. The monoisotopic (exact) mass is 531 g/mol. The van der Waals surface area contributed by atoms with Crippen molar-refractivity contribution in [1.29, 1.82) is 0 Å². The zero-order valence-electron chi connectivity index (χ0n) is 17.5. The number of hydrogen-bond donors (Lipinski definition) is 0. The van der Waals surface area contributed by atoms with Gasteiger partial charge in [0.15, 0.2) is 5.78 Å². The molecule has 3 aromatic carbocycles. The van der Waals surface area contributed by atoms with E-state index in [-0.39, 0.29) is 23.8 Å². The Morgan fingerprint density at radius 2 is 1.62 bits per heavy atom. The molecule has 0 N–H and O–H groups in total. The van der Waals surface area contributed by atoms with Crippen LogP contribution in [-0.4, -0.2) is 28.4 Å². The van der Waals surface area contributed by atoms with Gasteiger partial charge in [-0.05, 0) is 78.0 Å². The van der Waals surface area contributed by atoms with Gasteiger partial charge in [0.1, 0.15) is 12.4 Å². The molecule has 0 saturated carbocycles. The van der Waals surface area contributed by atoms with Crippen LogP contribution in [0.5, 0.6) is 5.75 Å². The van der Waals surface area contributed by atoms with Crippen LogP contribution < -0.4 is 4.74 Å². The van der Waals surface area contributed by atoms with Crippen molar-refractivity contribution in [3.8, 4) is 5.75 Å². The van der Waals surface area contributed by atoms with Gasteiger partial charge in [0.05, 0.1) is 11.4 Å². The molecule has 1 saturated heterocycles. The Balaban J connectivity index is 1.52. The van der Waals surface area contributed by atoms with Gasteiger partial charge in [-0.2, -0.15) is 0 Å². The largest absolute Gasteiger partial charge is 0.488 e. The summed E-state index contributed by atoms with van der Waals surface area (Å²) in [6.45, 7) is -0.114. The Hall–Kier alpha value is -2.77. The SMILES string of the molecule is O=C(CN1C(=O)S/C(=C/c2cc(Cl)ccc2OCc2cccc(Cl)c2)C1=O)c1ccc(Cl)cc1. The van der Waals surface area contributed by atoms with Crippen LogP contribution in [-0.2, 0) is 11.4 Å². The molecule has 1 aliphatic rings. The molecule has 1 fully saturated rings. The Bertz CT molecular complexity index is 1310. The van der Waals surface area contributed by atoms with E-state index in [0.29, 0.717) is 31.9 Å². The van der Waals surface area contributed by atoms with E-state index in [1.165, 1.54) is 6.08 Å². The van der Waals surface area contributed by atoms with Gasteiger partial charge in [0.25, 0.3) is 11.1 Å². The fourth-order valence-electron chi connectivity index (χ4n) is 3.20. The summed E-state index contributed by atoms with van der Waals surface area (Å²) < 4.78 is 5.92. The maximum atomic E-state index is 12.9. The van der Waals surface area contributed by atoms with Gasteiger partial charge in [0, 0.05) is 26.2 Å². The van der Waals surface area contributed by atoms with E-state index < -0.39 is 11.1 Å². The van der Waals surface area contributed by atoms with Crippen molar-refractivity contribution in [2.24, 2.45) is 0 Å². The highest BCUT2D eigenvalue weighted by Crippen LogP contribution is 2.35. The van der Waals surface area contributed by atoms with Crippen molar-refractivity contribution >= 4 is 69.6 Å². The number of hydrogen-bond acceptors (Lipinski definition) is 5. The van der Waals surface area contributed by atoms with Crippen molar-refractivity contribution < 1.29 is 19.1 Å². The zero-order chi connectivity index (χ0) is 24.2. The number of rotatable bonds is 7. The number of nitrogens with zero attached hydrogens (tertiary/aromatic N) is 1. The van der Waals surface area contributed by atoms with Crippen LogP contribution in [0.15, 0.2) is 71.6 Å². The Labute approximate surface area is 215 Å². The number of imide groups is 1. The van der Waals surface area contributed by atoms with E-state index in [0.717, 1.165) is 22.2 Å². The van der Waals surface area contributed by atoms with E-state index >= 15 is 0 Å². The standard InChI is InChI=1S/C25H16Cl3NO4S/c26-18-6-4-16(5-7-18)21(30)13-29-24(31)23(34-25(29)32)12-17-11-20(28)8-9-22(17)33-14-15-2-1-3-19(27)10-15/h1-12H,13-14H2/b23-12+. The summed E-state index contributed by atoms with van der Waals surface area (Å²) in [6, 6.07) is 18.5. The van der Waals surface area contributed by atoms with E-state index in [9.17, 15) is 14.4 Å². The first-order valence-electron chi connectivity index (χ1n) is 10.0. The summed E-state index contributed by atoms with van der Waals surface area (Å²) in [4.78, 5) is 39.0. The summed E-state index contributed by atoms with van der Waals surface area (Å²) >= 11 is 18.8. The van der Waals surface area contributed by atoms with Crippen molar-refractivity contribution in [2.75, 3.05) is 6.54 Å². The van der Waals surface area contributed by atoms with E-state index in [2.05, 4.69) is 0 Å². The van der Waals surface area contributed by atoms with Crippen molar-refractivity contribution in [1.82, 2.24) is 4.90 Å². The number of carbonyl (C=O) groups is 3. The lowest BCUT2D eigenvalue weighted by Crippen LogP contribution is -2.33. The molecular weight excluding hydrogens is 517 g/mol. The highest BCUT2D eigenvalue weighted by Gasteiger charge is 2.36. The average Bonchev–Trinajstić information content (AvgIpc) is 3.06. The molecule has 34 heavy (non-hydrogen) atoms. The Morgan fingerprint density at radius 3 is 2.35 bits per heavy atom. The number of Topliss-reactive ketones (excluding diaryl/α,β-unsaturated/α-hetero) is 1. The third-order valence-corrected chi connectivity index (χ3v) is 6.51. The van der Waals surface area contributed by atoms with Gasteiger partial charge < -0.3 is 4.74 Å². The lowest BCUT2D eigenvalue weighted by atomic mass is 10.1. The summed E-state index contributed by atoms with van der Waals surface area (Å²) in [5, 5.41) is 1.00. The van der Waals surface area contributed by atoms with Crippen LogP contribution >= 0.6 is 46.6 Å². The predicted octanol–water partition coefficient (Wildman–Crippen LogP) is 7.15. The molecule has 2 amide bonds. The molecule has 172 valence electrons. The van der Waals surface area contributed by atoms with E-state index in [4.69, 9.17) is 39.5 Å². The van der Waals surface area contributed by atoms with Gasteiger partial charge >= 0.3 is 0 Å². The molecule has 9 heteroatoms. The minimum Gasteiger partial charge on any atom is -0.488 e. The molecular formula is C25H16Cl3NO4S. The van der Waals surface area contributed by atoms with Gasteiger partial charge in [0.2, 0.25) is 0 Å². The predicted molar refractivity (Wildman–Crippen MR) is 136 cm³/mol. The van der Waals surface area contributed by atoms with Gasteiger partial charge in [-0.1, -0.05) is 46.9 Å². The molecule has 0 bridgehead atoms. The molecule has 0 aliphatic carbocycles. The highest BCUT2D eigenvalue weighted by molar-refractivity contribution is 8.18. The topological polar surface area (TPSA) is 63.7 Å². The molecule has 4 rings (SSSR count). The summed E-state index contributed by atoms with van der Waals surface area (Å²) in [5.41, 5.74) is 1.76. The lowest BCUT2D eigenvalue weighted by Gasteiger charge is -2.12. The fraction of sp³-hybridized carbons (Fsp3) is 0.0800. The molecule has 0 radical (unpaired) electrons. The molecule has 0 atom stereocenters. The molecule has 0 unspecified atom stereocenters. The number of thioether (sulfide) groups is 1. The normalized spacial score (nSPS) is 14.7. The first kappa shape index (κ1) is 24.4. The van der Waals surface area contributed by atoms with Crippen LogP contribution in [0.4, 0.5) is 4.79 Å². The summed E-state index contributed by atoms with van der Waals surface area (Å²) in [5.74, 6) is -0.444.